The molecule has 0 N–H and O–H groups in total. The van der Waals surface area contributed by atoms with Gasteiger partial charge in [0.2, 0.25) is 0 Å². The van der Waals surface area contributed by atoms with Crippen molar-refractivity contribution in [2.24, 2.45) is 0 Å². The van der Waals surface area contributed by atoms with Gasteiger partial charge in [-0.15, -0.1) is 0 Å². The molecule has 3 aromatic rings. The molecule has 0 atom stereocenters. The van der Waals surface area contributed by atoms with Crippen molar-refractivity contribution in [1.29, 1.82) is 5.26 Å². The summed E-state index contributed by atoms with van der Waals surface area (Å²) >= 11 is 3.49. The van der Waals surface area contributed by atoms with E-state index in [1.165, 1.54) is 36.4 Å². The zero-order valence-electron chi connectivity index (χ0n) is 17.9. The third-order valence-electron chi connectivity index (χ3n) is 4.71. The van der Waals surface area contributed by atoms with Crippen molar-refractivity contribution < 1.29 is 19.3 Å². The van der Waals surface area contributed by atoms with Gasteiger partial charge in [0.05, 0.1) is 28.1 Å². The topological polar surface area (TPSA) is 129 Å². The number of rotatable bonds is 9. The molecule has 0 bridgehead atoms. The van der Waals surface area contributed by atoms with Gasteiger partial charge >= 0.3 is 0 Å². The van der Waals surface area contributed by atoms with Crippen LogP contribution in [0.15, 0.2) is 65.1 Å². The minimum atomic E-state index is -0.500. The highest BCUT2D eigenvalue weighted by Gasteiger charge is 2.13. The van der Waals surface area contributed by atoms with Gasteiger partial charge in [-0.2, -0.15) is 5.26 Å². The predicted molar refractivity (Wildman–Crippen MR) is 129 cm³/mol. The first-order chi connectivity index (χ1) is 16.3. The van der Waals surface area contributed by atoms with Crippen LogP contribution in [-0.2, 0) is 6.61 Å². The summed E-state index contributed by atoms with van der Waals surface area (Å²) in [5, 5.41) is 31.3. The number of hydrogen-bond acceptors (Lipinski definition) is 7. The van der Waals surface area contributed by atoms with Gasteiger partial charge in [-0.1, -0.05) is 15.9 Å². The lowest BCUT2D eigenvalue weighted by atomic mass is 10.0. The van der Waals surface area contributed by atoms with E-state index in [0.29, 0.717) is 39.3 Å². The molecule has 0 amide bonds. The molecule has 0 spiro atoms. The second-order valence-corrected chi connectivity index (χ2v) is 7.79. The average molecular weight is 524 g/mol. The molecule has 0 aromatic heterocycles. The van der Waals surface area contributed by atoms with Crippen molar-refractivity contribution in [3.05, 3.63) is 102 Å². The Kier molecular flexibility index (Phi) is 7.95. The van der Waals surface area contributed by atoms with Gasteiger partial charge in [0.15, 0.2) is 11.5 Å². The number of benzene rings is 3. The summed E-state index contributed by atoms with van der Waals surface area (Å²) < 4.78 is 12.2. The van der Waals surface area contributed by atoms with Crippen LogP contribution in [0.4, 0.5) is 11.4 Å². The Balaban J connectivity index is 1.87. The number of nitro benzene ring substituents is 2. The van der Waals surface area contributed by atoms with Crippen LogP contribution in [0.1, 0.15) is 23.6 Å². The van der Waals surface area contributed by atoms with Crippen LogP contribution >= 0.6 is 15.9 Å². The third kappa shape index (κ3) is 5.96. The monoisotopic (exact) mass is 523 g/mol. The largest absolute Gasteiger partial charge is 0.490 e. The second kappa shape index (κ2) is 11.1. The first-order valence-electron chi connectivity index (χ1n) is 10.0. The second-order valence-electron chi connectivity index (χ2n) is 6.94. The zero-order valence-corrected chi connectivity index (χ0v) is 19.5. The van der Waals surface area contributed by atoms with Crippen LogP contribution < -0.4 is 9.47 Å². The number of ether oxygens (including phenoxy) is 2. The Bertz CT molecular complexity index is 1280. The Hall–Kier alpha value is -4.23. The lowest BCUT2D eigenvalue weighted by Crippen LogP contribution is -2.01. The van der Waals surface area contributed by atoms with Crippen molar-refractivity contribution >= 4 is 39.0 Å². The minimum absolute atomic E-state index is 0.000965. The summed E-state index contributed by atoms with van der Waals surface area (Å²) in [5.74, 6) is 0.915. The fourth-order valence-electron chi connectivity index (χ4n) is 3.02. The summed E-state index contributed by atoms with van der Waals surface area (Å²) in [7, 11) is 0. The molecule has 0 aliphatic carbocycles. The predicted octanol–water partition coefficient (Wildman–Crippen LogP) is 6.31. The van der Waals surface area contributed by atoms with Gasteiger partial charge in [-0.05, 0) is 66.1 Å². The molecular formula is C24H18BrN3O6. The van der Waals surface area contributed by atoms with Gasteiger partial charge in [0, 0.05) is 28.7 Å². The SMILES string of the molecule is CCOc1cc(/C=C(/C#N)c2ccc([N+](=O)[O-])cc2)c(Br)cc1OCc1ccc([N+](=O)[O-])cc1. The Labute approximate surface area is 203 Å². The van der Waals surface area contributed by atoms with Crippen molar-refractivity contribution in [2.45, 2.75) is 13.5 Å². The highest BCUT2D eigenvalue weighted by Crippen LogP contribution is 2.36. The fraction of sp³-hybridized carbons (Fsp3) is 0.125. The van der Waals surface area contributed by atoms with E-state index in [0.717, 1.165) is 5.56 Å². The Morgan fingerprint density at radius 2 is 1.53 bits per heavy atom. The number of nitriles is 1. The summed E-state index contributed by atoms with van der Waals surface area (Å²) in [6, 6.07) is 17.3. The number of halogens is 1. The molecule has 34 heavy (non-hydrogen) atoms. The lowest BCUT2D eigenvalue weighted by Gasteiger charge is -2.14. The van der Waals surface area contributed by atoms with Crippen molar-refractivity contribution in [1.82, 2.24) is 0 Å². The Morgan fingerprint density at radius 3 is 2.06 bits per heavy atom. The molecule has 0 fully saturated rings. The van der Waals surface area contributed by atoms with Gasteiger partial charge in [-0.3, -0.25) is 20.2 Å². The third-order valence-corrected chi connectivity index (χ3v) is 5.40. The standard InChI is InChI=1S/C24H18BrN3O6/c1-2-33-23-12-18(11-19(14-26)17-5-9-21(10-6-17)28(31)32)22(25)13-24(23)34-15-16-3-7-20(8-4-16)27(29)30/h3-13H,2,15H2,1H3/b19-11-. The zero-order chi connectivity index (χ0) is 24.7. The number of nitro groups is 2. The first-order valence-corrected chi connectivity index (χ1v) is 10.8. The molecule has 0 saturated heterocycles. The highest BCUT2D eigenvalue weighted by molar-refractivity contribution is 9.10. The average Bonchev–Trinajstić information content (AvgIpc) is 2.83. The maximum Gasteiger partial charge on any atom is 0.269 e. The smallest absolute Gasteiger partial charge is 0.269 e. The molecule has 0 radical (unpaired) electrons. The van der Waals surface area contributed by atoms with E-state index in [9.17, 15) is 25.5 Å². The Morgan fingerprint density at radius 1 is 0.971 bits per heavy atom. The molecule has 0 aliphatic rings. The van der Waals surface area contributed by atoms with Crippen molar-refractivity contribution in [3.63, 3.8) is 0 Å². The molecule has 3 rings (SSSR count). The molecule has 0 aliphatic heterocycles. The normalized spacial score (nSPS) is 10.9. The number of nitrogens with zero attached hydrogens (tertiary/aromatic N) is 3. The molecule has 0 unspecified atom stereocenters. The van der Waals surface area contributed by atoms with E-state index in [1.54, 1.807) is 30.3 Å². The maximum absolute atomic E-state index is 10.9. The van der Waals surface area contributed by atoms with E-state index in [2.05, 4.69) is 22.0 Å². The van der Waals surface area contributed by atoms with Crippen LogP contribution in [0.5, 0.6) is 11.5 Å². The van der Waals surface area contributed by atoms with Gasteiger partial charge in [-0.25, -0.2) is 0 Å². The van der Waals surface area contributed by atoms with Gasteiger partial charge < -0.3 is 9.47 Å². The molecular weight excluding hydrogens is 506 g/mol. The number of allylic oxidation sites excluding steroid dienone is 1. The first kappa shape index (κ1) is 24.4. The van der Waals surface area contributed by atoms with Crippen LogP contribution in [0.2, 0.25) is 0 Å². The fourth-order valence-corrected chi connectivity index (χ4v) is 3.45. The molecule has 172 valence electrons. The van der Waals surface area contributed by atoms with Crippen LogP contribution in [0.3, 0.4) is 0 Å². The van der Waals surface area contributed by atoms with Crippen LogP contribution in [-0.4, -0.2) is 16.5 Å². The van der Waals surface area contributed by atoms with E-state index in [4.69, 9.17) is 9.47 Å². The summed E-state index contributed by atoms with van der Waals surface area (Å²) in [5.41, 5.74) is 2.20. The molecule has 9 nitrogen and oxygen atoms in total. The molecule has 10 heteroatoms. The van der Waals surface area contributed by atoms with E-state index >= 15 is 0 Å². The minimum Gasteiger partial charge on any atom is -0.490 e. The van der Waals surface area contributed by atoms with Gasteiger partial charge in [0.1, 0.15) is 6.61 Å². The van der Waals surface area contributed by atoms with Gasteiger partial charge in [0.25, 0.3) is 11.4 Å². The quantitative estimate of drug-likeness (QED) is 0.139. The summed E-state index contributed by atoms with van der Waals surface area (Å²) in [6.45, 7) is 2.38. The maximum atomic E-state index is 10.9. The van der Waals surface area contributed by atoms with Crippen molar-refractivity contribution in [2.75, 3.05) is 6.61 Å². The molecule has 0 heterocycles. The van der Waals surface area contributed by atoms with Crippen LogP contribution in [0, 0.1) is 31.6 Å². The van der Waals surface area contributed by atoms with E-state index in [-0.39, 0.29) is 18.0 Å². The van der Waals surface area contributed by atoms with Crippen LogP contribution in [0.25, 0.3) is 11.6 Å². The number of non-ortho nitro benzene ring substituents is 2. The molecule has 0 saturated carbocycles. The number of hydrogen-bond donors (Lipinski definition) is 0. The summed E-state index contributed by atoms with van der Waals surface area (Å²) in [6.07, 6.45) is 1.65. The lowest BCUT2D eigenvalue weighted by molar-refractivity contribution is -0.385. The van der Waals surface area contributed by atoms with E-state index < -0.39 is 9.85 Å². The van der Waals surface area contributed by atoms with Crippen molar-refractivity contribution in [3.8, 4) is 17.6 Å². The van der Waals surface area contributed by atoms with E-state index in [1.807, 2.05) is 6.92 Å². The summed E-state index contributed by atoms with van der Waals surface area (Å²) in [4.78, 5) is 20.7. The highest BCUT2D eigenvalue weighted by atomic mass is 79.9. The molecule has 3 aromatic carbocycles.